The minimum absolute atomic E-state index is 0.115. The van der Waals surface area contributed by atoms with Crippen molar-refractivity contribution < 1.29 is 14.2 Å². The topological polar surface area (TPSA) is 29.5 Å². The minimum atomic E-state index is -0.243. The molecule has 0 saturated heterocycles. The Labute approximate surface area is 76.0 Å². The summed E-state index contributed by atoms with van der Waals surface area (Å²) in [6.45, 7) is 0.670. The van der Waals surface area contributed by atoms with Crippen molar-refractivity contribution in [3.8, 4) is 5.75 Å². The molecule has 1 unspecified atom stereocenters. The zero-order valence-corrected chi connectivity index (χ0v) is 7.16. The maximum Gasteiger partial charge on any atom is 0.123 e. The van der Waals surface area contributed by atoms with Crippen LogP contribution in [0.2, 0.25) is 0 Å². The molecule has 0 saturated carbocycles. The monoisotopic (exact) mass is 182 g/mol. The Morgan fingerprint density at radius 1 is 1.54 bits per heavy atom. The first kappa shape index (κ1) is 8.51. The van der Waals surface area contributed by atoms with Crippen molar-refractivity contribution in [1.82, 2.24) is 0 Å². The van der Waals surface area contributed by atoms with Gasteiger partial charge in [-0.15, -0.1) is 0 Å². The second kappa shape index (κ2) is 3.34. The predicted molar refractivity (Wildman–Crippen MR) is 46.3 cm³/mol. The number of rotatable bonds is 2. The van der Waals surface area contributed by atoms with Gasteiger partial charge in [0.05, 0.1) is 6.61 Å². The number of ether oxygens (including phenoxy) is 1. The summed E-state index contributed by atoms with van der Waals surface area (Å²) in [7, 11) is 0. The Morgan fingerprint density at radius 2 is 2.38 bits per heavy atom. The lowest BCUT2D eigenvalue weighted by Crippen LogP contribution is -2.02. The Bertz CT molecular complexity index is 310. The molecule has 0 amide bonds. The summed E-state index contributed by atoms with van der Waals surface area (Å²) in [4.78, 5) is 0. The van der Waals surface area contributed by atoms with Crippen molar-refractivity contribution in [2.45, 2.75) is 12.3 Å². The van der Waals surface area contributed by atoms with Crippen LogP contribution in [-0.2, 0) is 0 Å². The van der Waals surface area contributed by atoms with E-state index in [1.54, 1.807) is 6.07 Å². The lowest BCUT2D eigenvalue weighted by Gasteiger charge is -2.04. The smallest absolute Gasteiger partial charge is 0.123 e. The number of aliphatic hydroxyl groups is 1. The Hall–Kier alpha value is -1.09. The molecule has 1 aliphatic rings. The van der Waals surface area contributed by atoms with Crippen LogP contribution < -0.4 is 4.74 Å². The first-order valence-corrected chi connectivity index (χ1v) is 4.34. The van der Waals surface area contributed by atoms with Crippen LogP contribution in [0.3, 0.4) is 0 Å². The highest BCUT2D eigenvalue weighted by Crippen LogP contribution is 2.35. The second-order valence-corrected chi connectivity index (χ2v) is 3.20. The normalized spacial score (nSPS) is 19.7. The SMILES string of the molecule is OCCC1COc2ccc(F)cc21. The van der Waals surface area contributed by atoms with Crippen LogP contribution in [0.15, 0.2) is 18.2 Å². The molecule has 2 rings (SSSR count). The van der Waals surface area contributed by atoms with E-state index in [1.807, 2.05) is 0 Å². The van der Waals surface area contributed by atoms with Crippen LogP contribution in [0.4, 0.5) is 4.39 Å². The van der Waals surface area contributed by atoms with Crippen LogP contribution in [-0.4, -0.2) is 18.3 Å². The van der Waals surface area contributed by atoms with E-state index in [9.17, 15) is 4.39 Å². The molecule has 70 valence electrons. The molecule has 13 heavy (non-hydrogen) atoms. The highest BCUT2D eigenvalue weighted by Gasteiger charge is 2.23. The fourth-order valence-electron chi connectivity index (χ4n) is 1.64. The summed E-state index contributed by atoms with van der Waals surface area (Å²) in [5.74, 6) is 0.655. The molecular formula is C10H11FO2. The number of halogens is 1. The molecule has 0 bridgehead atoms. The van der Waals surface area contributed by atoms with Gasteiger partial charge in [0.1, 0.15) is 11.6 Å². The van der Waals surface area contributed by atoms with Gasteiger partial charge in [0.15, 0.2) is 0 Å². The van der Waals surface area contributed by atoms with Crippen molar-refractivity contribution in [3.63, 3.8) is 0 Å². The molecule has 1 atom stereocenters. The average molecular weight is 182 g/mol. The minimum Gasteiger partial charge on any atom is -0.493 e. The third-order valence-corrected chi connectivity index (χ3v) is 2.33. The Kier molecular flexibility index (Phi) is 2.19. The van der Waals surface area contributed by atoms with Gasteiger partial charge >= 0.3 is 0 Å². The van der Waals surface area contributed by atoms with E-state index >= 15 is 0 Å². The molecule has 0 radical (unpaired) electrons. The molecule has 0 fully saturated rings. The van der Waals surface area contributed by atoms with Crippen LogP contribution in [0.1, 0.15) is 17.9 Å². The molecule has 1 aromatic carbocycles. The molecule has 1 aliphatic heterocycles. The lowest BCUT2D eigenvalue weighted by atomic mass is 9.98. The molecule has 0 spiro atoms. The molecule has 3 heteroatoms. The zero-order valence-electron chi connectivity index (χ0n) is 7.16. The van der Waals surface area contributed by atoms with Gasteiger partial charge in [-0.05, 0) is 24.6 Å². The van der Waals surface area contributed by atoms with Crippen LogP contribution >= 0.6 is 0 Å². The maximum absolute atomic E-state index is 12.9. The predicted octanol–water partition coefficient (Wildman–Crippen LogP) is 1.68. The largest absolute Gasteiger partial charge is 0.493 e. The van der Waals surface area contributed by atoms with Gasteiger partial charge in [0.2, 0.25) is 0 Å². The maximum atomic E-state index is 12.9. The van der Waals surface area contributed by atoms with Gasteiger partial charge in [-0.1, -0.05) is 0 Å². The fraction of sp³-hybridized carbons (Fsp3) is 0.400. The number of hydrogen-bond acceptors (Lipinski definition) is 2. The lowest BCUT2D eigenvalue weighted by molar-refractivity contribution is 0.254. The molecule has 1 N–H and O–H groups in total. The Balaban J connectivity index is 2.29. The summed E-state index contributed by atoms with van der Waals surface area (Å²) in [6.07, 6.45) is 0.635. The van der Waals surface area contributed by atoms with Gasteiger partial charge < -0.3 is 9.84 Å². The number of fused-ring (bicyclic) bond motifs is 1. The van der Waals surface area contributed by atoms with Crippen LogP contribution in [0, 0.1) is 5.82 Å². The number of benzene rings is 1. The summed E-state index contributed by atoms with van der Waals surface area (Å²) in [5.41, 5.74) is 0.883. The number of aliphatic hydroxyl groups excluding tert-OH is 1. The zero-order chi connectivity index (χ0) is 9.26. The second-order valence-electron chi connectivity index (χ2n) is 3.20. The standard InChI is InChI=1S/C10H11FO2/c11-8-1-2-10-9(5-8)7(3-4-12)6-13-10/h1-2,5,7,12H,3-4,6H2. The summed E-state index contributed by atoms with van der Waals surface area (Å²) >= 11 is 0. The first-order valence-electron chi connectivity index (χ1n) is 4.34. The molecule has 0 aromatic heterocycles. The molecule has 2 nitrogen and oxygen atoms in total. The third kappa shape index (κ3) is 1.52. The highest BCUT2D eigenvalue weighted by atomic mass is 19.1. The van der Waals surface area contributed by atoms with Crippen molar-refractivity contribution in [2.75, 3.05) is 13.2 Å². The van der Waals surface area contributed by atoms with Crippen LogP contribution in [0.25, 0.3) is 0 Å². The van der Waals surface area contributed by atoms with Gasteiger partial charge in [0.25, 0.3) is 0 Å². The molecule has 1 aromatic rings. The van der Waals surface area contributed by atoms with E-state index < -0.39 is 0 Å². The number of hydrogen-bond donors (Lipinski definition) is 1. The van der Waals surface area contributed by atoms with Crippen molar-refractivity contribution in [1.29, 1.82) is 0 Å². The van der Waals surface area contributed by atoms with Crippen molar-refractivity contribution in [2.24, 2.45) is 0 Å². The van der Waals surface area contributed by atoms with E-state index in [1.165, 1.54) is 12.1 Å². The average Bonchev–Trinajstić information content (AvgIpc) is 2.49. The van der Waals surface area contributed by atoms with E-state index in [4.69, 9.17) is 9.84 Å². The van der Waals surface area contributed by atoms with Gasteiger partial charge in [-0.25, -0.2) is 4.39 Å². The van der Waals surface area contributed by atoms with Gasteiger partial charge in [-0.3, -0.25) is 0 Å². The molecule has 1 heterocycles. The quantitative estimate of drug-likeness (QED) is 0.754. The highest BCUT2D eigenvalue weighted by molar-refractivity contribution is 5.40. The van der Waals surface area contributed by atoms with Gasteiger partial charge in [-0.2, -0.15) is 0 Å². The first-order chi connectivity index (χ1) is 6.31. The fourth-order valence-corrected chi connectivity index (χ4v) is 1.64. The van der Waals surface area contributed by atoms with Crippen molar-refractivity contribution in [3.05, 3.63) is 29.6 Å². The van der Waals surface area contributed by atoms with E-state index in [2.05, 4.69) is 0 Å². The molecular weight excluding hydrogens is 171 g/mol. The third-order valence-electron chi connectivity index (χ3n) is 2.33. The van der Waals surface area contributed by atoms with Crippen molar-refractivity contribution >= 4 is 0 Å². The van der Waals surface area contributed by atoms with Gasteiger partial charge in [0, 0.05) is 18.1 Å². The molecule has 0 aliphatic carbocycles. The summed E-state index contributed by atoms with van der Waals surface area (Å²) < 4.78 is 18.2. The van der Waals surface area contributed by atoms with E-state index in [-0.39, 0.29) is 18.3 Å². The Morgan fingerprint density at radius 3 is 3.15 bits per heavy atom. The van der Waals surface area contributed by atoms with Crippen LogP contribution in [0.5, 0.6) is 5.75 Å². The summed E-state index contributed by atoms with van der Waals surface area (Å²) in [5, 5.41) is 8.77. The van der Waals surface area contributed by atoms with E-state index in [0.717, 1.165) is 11.3 Å². The van der Waals surface area contributed by atoms with E-state index in [0.29, 0.717) is 13.0 Å². The summed E-state index contributed by atoms with van der Waals surface area (Å²) in [6, 6.07) is 4.52.